The van der Waals surface area contributed by atoms with Gasteiger partial charge in [0.2, 0.25) is 0 Å². The molecule has 0 unspecified atom stereocenters. The van der Waals surface area contributed by atoms with E-state index < -0.39 is 18.1 Å². The van der Waals surface area contributed by atoms with E-state index in [0.29, 0.717) is 11.3 Å². The zero-order chi connectivity index (χ0) is 22.7. The topological polar surface area (TPSA) is 84.9 Å². The number of amides is 1. The second kappa shape index (κ2) is 9.14. The molecule has 0 aromatic heterocycles. The van der Waals surface area contributed by atoms with Crippen LogP contribution in [0.2, 0.25) is 0 Å². The highest BCUT2D eigenvalue weighted by molar-refractivity contribution is 5.81. The molecule has 4 rings (SSSR count). The van der Waals surface area contributed by atoms with Crippen molar-refractivity contribution in [3.05, 3.63) is 89.0 Å². The van der Waals surface area contributed by atoms with E-state index in [-0.39, 0.29) is 18.9 Å². The van der Waals surface area contributed by atoms with Gasteiger partial charge in [-0.15, -0.1) is 0 Å². The van der Waals surface area contributed by atoms with Crippen molar-refractivity contribution in [2.24, 2.45) is 0 Å². The number of aryl methyl sites for hydroxylation is 1. The Morgan fingerprint density at radius 2 is 1.62 bits per heavy atom. The van der Waals surface area contributed by atoms with Crippen LogP contribution >= 0.6 is 0 Å². The molecule has 0 bridgehead atoms. The van der Waals surface area contributed by atoms with E-state index >= 15 is 0 Å². The van der Waals surface area contributed by atoms with Crippen LogP contribution in [0.25, 0.3) is 11.1 Å². The SMILES string of the molecule is COc1ccc(C)cc1C[C@H](NC(=O)OCC1c2ccccc2-c2ccccc21)C(=O)O. The normalized spacial score (nSPS) is 13.1. The van der Waals surface area contributed by atoms with Gasteiger partial charge >= 0.3 is 12.1 Å². The molecular formula is C26H25NO5. The first-order valence-corrected chi connectivity index (χ1v) is 10.5. The summed E-state index contributed by atoms with van der Waals surface area (Å²) in [5.74, 6) is -0.647. The minimum absolute atomic E-state index is 0.0877. The Kier molecular flexibility index (Phi) is 6.12. The zero-order valence-electron chi connectivity index (χ0n) is 18.0. The van der Waals surface area contributed by atoms with Gasteiger partial charge in [-0.25, -0.2) is 9.59 Å². The maximum Gasteiger partial charge on any atom is 0.407 e. The molecule has 0 heterocycles. The van der Waals surface area contributed by atoms with E-state index in [4.69, 9.17) is 9.47 Å². The van der Waals surface area contributed by atoms with Crippen LogP contribution < -0.4 is 10.1 Å². The summed E-state index contributed by atoms with van der Waals surface area (Å²) in [7, 11) is 1.53. The highest BCUT2D eigenvalue weighted by Crippen LogP contribution is 2.44. The summed E-state index contributed by atoms with van der Waals surface area (Å²) in [6, 6.07) is 20.5. The molecule has 2 N–H and O–H groups in total. The molecule has 3 aromatic rings. The van der Waals surface area contributed by atoms with Gasteiger partial charge in [0.05, 0.1) is 7.11 Å². The fraction of sp³-hybridized carbons (Fsp3) is 0.231. The number of nitrogens with one attached hydrogen (secondary N) is 1. The Bertz CT molecular complexity index is 1110. The molecule has 0 spiro atoms. The number of carbonyl (C=O) groups excluding carboxylic acids is 1. The summed E-state index contributed by atoms with van der Waals surface area (Å²) >= 11 is 0. The van der Waals surface area contributed by atoms with Gasteiger partial charge in [-0.05, 0) is 40.8 Å². The molecule has 0 aliphatic heterocycles. The predicted molar refractivity (Wildman–Crippen MR) is 121 cm³/mol. The lowest BCUT2D eigenvalue weighted by atomic mass is 9.98. The van der Waals surface area contributed by atoms with E-state index in [9.17, 15) is 14.7 Å². The smallest absolute Gasteiger partial charge is 0.407 e. The molecule has 0 saturated heterocycles. The summed E-state index contributed by atoms with van der Waals surface area (Å²) in [6.45, 7) is 2.04. The largest absolute Gasteiger partial charge is 0.496 e. The van der Waals surface area contributed by atoms with Gasteiger partial charge in [0.1, 0.15) is 18.4 Å². The highest BCUT2D eigenvalue weighted by Gasteiger charge is 2.30. The quantitative estimate of drug-likeness (QED) is 0.574. The first-order valence-electron chi connectivity index (χ1n) is 10.5. The number of aliphatic carboxylic acids is 1. The molecule has 1 aliphatic carbocycles. The average molecular weight is 431 g/mol. The maximum atomic E-state index is 12.5. The van der Waals surface area contributed by atoms with Crippen molar-refractivity contribution in [1.82, 2.24) is 5.32 Å². The van der Waals surface area contributed by atoms with Gasteiger partial charge in [0.25, 0.3) is 0 Å². The highest BCUT2D eigenvalue weighted by atomic mass is 16.5. The minimum Gasteiger partial charge on any atom is -0.496 e. The minimum atomic E-state index is -1.14. The number of hydrogen-bond donors (Lipinski definition) is 2. The van der Waals surface area contributed by atoms with Crippen LogP contribution in [0.15, 0.2) is 66.7 Å². The molecule has 1 amide bonds. The fourth-order valence-corrected chi connectivity index (χ4v) is 4.27. The van der Waals surface area contributed by atoms with Crippen molar-refractivity contribution in [3.63, 3.8) is 0 Å². The van der Waals surface area contributed by atoms with Gasteiger partial charge < -0.3 is 19.9 Å². The summed E-state index contributed by atoms with van der Waals surface area (Å²) < 4.78 is 10.8. The van der Waals surface area contributed by atoms with Gasteiger partial charge in [-0.2, -0.15) is 0 Å². The van der Waals surface area contributed by atoms with Crippen molar-refractivity contribution >= 4 is 12.1 Å². The van der Waals surface area contributed by atoms with E-state index in [1.165, 1.54) is 7.11 Å². The molecule has 0 saturated carbocycles. The monoisotopic (exact) mass is 431 g/mol. The van der Waals surface area contributed by atoms with Gasteiger partial charge in [-0.1, -0.05) is 66.2 Å². The molecule has 1 aliphatic rings. The summed E-state index contributed by atoms with van der Waals surface area (Å²) in [6.07, 6.45) is -0.671. The van der Waals surface area contributed by atoms with Crippen molar-refractivity contribution in [1.29, 1.82) is 0 Å². The second-order valence-electron chi connectivity index (χ2n) is 7.88. The Morgan fingerprint density at radius 3 is 2.22 bits per heavy atom. The number of carbonyl (C=O) groups is 2. The molecule has 32 heavy (non-hydrogen) atoms. The van der Waals surface area contributed by atoms with Crippen molar-refractivity contribution in [2.45, 2.75) is 25.3 Å². The van der Waals surface area contributed by atoms with Crippen LogP contribution in [0, 0.1) is 6.92 Å². The zero-order valence-corrected chi connectivity index (χ0v) is 18.0. The third-order valence-electron chi connectivity index (χ3n) is 5.79. The first kappa shape index (κ1) is 21.4. The summed E-state index contributed by atoms with van der Waals surface area (Å²) in [5.41, 5.74) is 6.14. The van der Waals surface area contributed by atoms with Crippen molar-refractivity contribution in [2.75, 3.05) is 13.7 Å². The Labute approximate surface area is 186 Å². The number of rotatable bonds is 7. The lowest BCUT2D eigenvalue weighted by Gasteiger charge is -2.18. The standard InChI is InChI=1S/C26H25NO5/c1-16-11-12-24(31-2)17(13-16)14-23(25(28)29)27-26(30)32-15-22-20-9-5-3-7-18(20)19-8-4-6-10-21(19)22/h3-13,22-23H,14-15H2,1-2H3,(H,27,30)(H,28,29)/t23-/m0/s1. The molecular weight excluding hydrogens is 406 g/mol. The number of benzene rings is 3. The van der Waals surface area contributed by atoms with Gasteiger partial charge in [0, 0.05) is 12.3 Å². The second-order valence-corrected chi connectivity index (χ2v) is 7.88. The van der Waals surface area contributed by atoms with Crippen molar-refractivity contribution < 1.29 is 24.2 Å². The molecule has 1 atom stereocenters. The Morgan fingerprint density at radius 1 is 1.00 bits per heavy atom. The lowest BCUT2D eigenvalue weighted by Crippen LogP contribution is -2.43. The molecule has 164 valence electrons. The predicted octanol–water partition coefficient (Wildman–Crippen LogP) is 4.54. The van der Waals surface area contributed by atoms with Gasteiger partial charge in [0.15, 0.2) is 0 Å². The van der Waals surface area contributed by atoms with Crippen LogP contribution in [0.3, 0.4) is 0 Å². The molecule has 6 heteroatoms. The molecule has 0 fully saturated rings. The number of carboxylic acids is 1. The first-order chi connectivity index (χ1) is 15.5. The number of alkyl carbamates (subject to hydrolysis) is 1. The Hall–Kier alpha value is -3.80. The number of hydrogen-bond acceptors (Lipinski definition) is 4. The maximum absolute atomic E-state index is 12.5. The van der Waals surface area contributed by atoms with Crippen LogP contribution in [0.1, 0.15) is 28.2 Å². The summed E-state index contributed by atoms with van der Waals surface area (Å²) in [4.78, 5) is 24.3. The van der Waals surface area contributed by atoms with Crippen LogP contribution in [0.5, 0.6) is 5.75 Å². The molecule has 0 radical (unpaired) electrons. The molecule has 6 nitrogen and oxygen atoms in total. The third kappa shape index (κ3) is 4.30. The van der Waals surface area contributed by atoms with E-state index in [1.807, 2.05) is 55.5 Å². The Balaban J connectivity index is 1.45. The van der Waals surface area contributed by atoms with E-state index in [1.54, 1.807) is 6.07 Å². The van der Waals surface area contributed by atoms with Crippen LogP contribution in [-0.4, -0.2) is 36.9 Å². The lowest BCUT2D eigenvalue weighted by molar-refractivity contribution is -0.139. The fourth-order valence-electron chi connectivity index (χ4n) is 4.27. The number of ether oxygens (including phenoxy) is 2. The molecule has 3 aromatic carbocycles. The number of fused-ring (bicyclic) bond motifs is 3. The number of carboxylic acid groups (broad SMARTS) is 1. The third-order valence-corrected chi connectivity index (χ3v) is 5.79. The van der Waals surface area contributed by atoms with Crippen LogP contribution in [0.4, 0.5) is 4.79 Å². The van der Waals surface area contributed by atoms with E-state index in [2.05, 4.69) is 17.4 Å². The van der Waals surface area contributed by atoms with Crippen molar-refractivity contribution in [3.8, 4) is 16.9 Å². The summed E-state index contributed by atoms with van der Waals surface area (Å²) in [5, 5.41) is 12.1. The van der Waals surface area contributed by atoms with E-state index in [0.717, 1.165) is 27.8 Å². The average Bonchev–Trinajstić information content (AvgIpc) is 3.11. The van der Waals surface area contributed by atoms with Crippen LogP contribution in [-0.2, 0) is 16.0 Å². The van der Waals surface area contributed by atoms with Gasteiger partial charge in [-0.3, -0.25) is 0 Å². The number of methoxy groups -OCH3 is 1.